The fraction of sp³-hybridized carbons (Fsp3) is 0.314. The largest absolute Gasteiger partial charge is 0.496 e. The van der Waals surface area contributed by atoms with Crippen molar-refractivity contribution in [3.8, 4) is 16.9 Å². The van der Waals surface area contributed by atoms with Gasteiger partial charge in [0.1, 0.15) is 23.9 Å². The zero-order chi connectivity index (χ0) is 35.8. The van der Waals surface area contributed by atoms with E-state index in [1.165, 1.54) is 37.4 Å². The van der Waals surface area contributed by atoms with Gasteiger partial charge < -0.3 is 25.8 Å². The Labute approximate surface area is 277 Å². The van der Waals surface area contributed by atoms with Crippen LogP contribution < -0.4 is 20.7 Å². The Hall–Kier alpha value is -5.27. The molecular weight excluding hydrogens is 653 g/mol. The van der Waals surface area contributed by atoms with E-state index < -0.39 is 65.6 Å². The number of amides is 3. The Morgan fingerprint density at radius 1 is 0.898 bits per heavy atom. The Bertz CT molecular complexity index is 1870. The van der Waals surface area contributed by atoms with Gasteiger partial charge in [0, 0.05) is 28.8 Å². The third-order valence-corrected chi connectivity index (χ3v) is 8.94. The maximum Gasteiger partial charge on any atom is 0.419 e. The number of carbonyl (C=O) groups is 4. The van der Waals surface area contributed by atoms with Crippen LogP contribution in [-0.4, -0.2) is 48.5 Å². The molecule has 9 nitrogen and oxygen atoms in total. The van der Waals surface area contributed by atoms with Gasteiger partial charge in [0.05, 0.1) is 24.2 Å². The van der Waals surface area contributed by atoms with Crippen molar-refractivity contribution < 1.29 is 51.0 Å². The summed E-state index contributed by atoms with van der Waals surface area (Å²) in [6.07, 6.45) is -3.72. The lowest BCUT2D eigenvalue weighted by Crippen LogP contribution is -2.48. The lowest BCUT2D eigenvalue weighted by Gasteiger charge is -2.30. The lowest BCUT2D eigenvalue weighted by molar-refractivity contribution is -0.140. The number of ether oxygens (including phenoxy) is 1. The summed E-state index contributed by atoms with van der Waals surface area (Å²) < 4.78 is 74.4. The molecule has 4 atom stereocenters. The van der Waals surface area contributed by atoms with E-state index >= 15 is 4.39 Å². The van der Waals surface area contributed by atoms with Crippen LogP contribution in [0.5, 0.6) is 5.75 Å². The van der Waals surface area contributed by atoms with Crippen LogP contribution in [0.25, 0.3) is 11.1 Å². The predicted molar refractivity (Wildman–Crippen MR) is 168 cm³/mol. The van der Waals surface area contributed by atoms with E-state index in [-0.39, 0.29) is 45.5 Å². The highest BCUT2D eigenvalue weighted by Crippen LogP contribution is 2.54. The van der Waals surface area contributed by atoms with Crippen molar-refractivity contribution in [1.29, 1.82) is 0 Å². The predicted octanol–water partition coefficient (Wildman–Crippen LogP) is 6.20. The number of methoxy groups -OCH3 is 1. The molecule has 2 bridgehead atoms. The van der Waals surface area contributed by atoms with Gasteiger partial charge in [-0.2, -0.15) is 13.2 Å². The van der Waals surface area contributed by atoms with E-state index in [1.807, 2.05) is 13.8 Å². The summed E-state index contributed by atoms with van der Waals surface area (Å²) in [6.45, 7) is 3.12. The highest BCUT2D eigenvalue weighted by Gasteiger charge is 2.55. The SMILES string of the molecule is COc1ccc(-c2cc(C(=O)NCC(=O)O)ccc2F)cc1C(=O)N[C@@H]1C2CCC(C2=C(C)C)[C@@H]1C(=O)Nc1ccc(F)c(C(F)(F)F)c1. The summed E-state index contributed by atoms with van der Waals surface area (Å²) in [7, 11) is 1.33. The molecule has 0 radical (unpaired) electrons. The van der Waals surface area contributed by atoms with Gasteiger partial charge >= 0.3 is 12.1 Å². The van der Waals surface area contributed by atoms with E-state index in [1.54, 1.807) is 0 Å². The molecule has 2 aliphatic rings. The Kier molecular flexibility index (Phi) is 9.79. The lowest BCUT2D eigenvalue weighted by atomic mass is 9.83. The summed E-state index contributed by atoms with van der Waals surface area (Å²) in [5.74, 6) is -6.84. The van der Waals surface area contributed by atoms with Gasteiger partial charge in [-0.3, -0.25) is 19.2 Å². The van der Waals surface area contributed by atoms with Crippen molar-refractivity contribution in [2.24, 2.45) is 17.8 Å². The van der Waals surface area contributed by atoms with Crippen LogP contribution in [0, 0.1) is 29.4 Å². The average Bonchev–Trinajstić information content (AvgIpc) is 3.61. The van der Waals surface area contributed by atoms with Crippen LogP contribution >= 0.6 is 0 Å². The van der Waals surface area contributed by atoms with Crippen molar-refractivity contribution in [3.05, 3.63) is 94.1 Å². The molecule has 49 heavy (non-hydrogen) atoms. The zero-order valence-electron chi connectivity index (χ0n) is 26.5. The number of halogens is 5. The number of anilines is 1. The number of nitrogens with one attached hydrogen (secondary N) is 3. The standard InChI is InChI=1S/C35H32F5N3O6/c1-16(2)29-20-7-8-21(29)31(30(20)34(48)42-19-6-10-26(37)24(14-19)35(38,39)40)43-33(47)23-12-17(5-11-27(23)49-3)22-13-18(4-9-25(22)36)32(46)41-15-28(44)45/h4-6,9-14,20-21,30-31H,7-8,15H2,1-3H3,(H,41,46)(H,42,48)(H,43,47)(H,44,45)/t20?,21?,30-,31+/m0/s1. The normalized spacial score (nSPS) is 19.7. The van der Waals surface area contributed by atoms with Gasteiger partial charge in [0.25, 0.3) is 11.8 Å². The Balaban J connectivity index is 1.45. The number of allylic oxidation sites excluding steroid dienone is 1. The summed E-state index contributed by atoms with van der Waals surface area (Å²) in [6, 6.07) is 9.10. The third kappa shape index (κ3) is 7.13. The van der Waals surface area contributed by atoms with Crippen LogP contribution in [-0.2, 0) is 15.8 Å². The highest BCUT2D eigenvalue weighted by atomic mass is 19.4. The average molecular weight is 686 g/mol. The number of fused-ring (bicyclic) bond motifs is 2. The van der Waals surface area contributed by atoms with Gasteiger partial charge in [-0.15, -0.1) is 0 Å². The molecule has 14 heteroatoms. The molecular formula is C35H32F5N3O6. The highest BCUT2D eigenvalue weighted by molar-refractivity contribution is 6.01. The van der Waals surface area contributed by atoms with Crippen LogP contribution in [0.3, 0.4) is 0 Å². The number of rotatable bonds is 9. The third-order valence-electron chi connectivity index (χ3n) is 8.94. The molecule has 0 aliphatic heterocycles. The van der Waals surface area contributed by atoms with Crippen LogP contribution in [0.4, 0.5) is 27.6 Å². The van der Waals surface area contributed by atoms with Crippen molar-refractivity contribution in [2.45, 2.75) is 38.9 Å². The minimum Gasteiger partial charge on any atom is -0.496 e. The molecule has 0 aromatic heterocycles. The van der Waals surface area contributed by atoms with Gasteiger partial charge in [0.15, 0.2) is 0 Å². The van der Waals surface area contributed by atoms with Crippen LogP contribution in [0.15, 0.2) is 65.7 Å². The molecule has 4 N–H and O–H groups in total. The Morgan fingerprint density at radius 3 is 2.24 bits per heavy atom. The number of hydrogen-bond donors (Lipinski definition) is 4. The zero-order valence-corrected chi connectivity index (χ0v) is 26.5. The molecule has 0 heterocycles. The minimum atomic E-state index is -4.98. The number of carboxylic acids is 1. The van der Waals surface area contributed by atoms with Gasteiger partial charge in [-0.05, 0) is 86.7 Å². The monoisotopic (exact) mass is 685 g/mol. The minimum absolute atomic E-state index is 0.0193. The summed E-state index contributed by atoms with van der Waals surface area (Å²) in [5.41, 5.74) is 0.249. The maximum absolute atomic E-state index is 15.0. The van der Waals surface area contributed by atoms with Crippen molar-refractivity contribution in [3.63, 3.8) is 0 Å². The molecule has 258 valence electrons. The first-order valence-corrected chi connectivity index (χ1v) is 15.2. The fourth-order valence-corrected chi connectivity index (χ4v) is 6.94. The maximum atomic E-state index is 15.0. The molecule has 2 unspecified atom stereocenters. The smallest absolute Gasteiger partial charge is 0.419 e. The molecule has 5 rings (SSSR count). The number of aliphatic carboxylic acids is 1. The summed E-state index contributed by atoms with van der Waals surface area (Å²) in [5, 5.41) is 16.5. The molecule has 3 amide bonds. The van der Waals surface area contributed by atoms with Crippen molar-refractivity contribution >= 4 is 29.4 Å². The summed E-state index contributed by atoms with van der Waals surface area (Å²) >= 11 is 0. The van der Waals surface area contributed by atoms with Crippen molar-refractivity contribution in [1.82, 2.24) is 10.6 Å². The van der Waals surface area contributed by atoms with E-state index in [0.29, 0.717) is 25.0 Å². The van der Waals surface area contributed by atoms with Gasteiger partial charge in [0.2, 0.25) is 5.91 Å². The van der Waals surface area contributed by atoms with E-state index in [9.17, 15) is 36.7 Å². The van der Waals surface area contributed by atoms with Crippen molar-refractivity contribution in [2.75, 3.05) is 19.0 Å². The second kappa shape index (κ2) is 13.7. The molecule has 3 aromatic rings. The van der Waals surface area contributed by atoms with Gasteiger partial charge in [-0.25, -0.2) is 8.78 Å². The van der Waals surface area contributed by atoms with Crippen LogP contribution in [0.2, 0.25) is 0 Å². The summed E-state index contributed by atoms with van der Waals surface area (Å²) in [4.78, 5) is 50.9. The first-order chi connectivity index (χ1) is 23.1. The van der Waals surface area contributed by atoms with E-state index in [2.05, 4.69) is 16.0 Å². The fourth-order valence-electron chi connectivity index (χ4n) is 6.94. The molecule has 2 fully saturated rings. The first kappa shape index (κ1) is 35.0. The van der Waals surface area contributed by atoms with E-state index in [4.69, 9.17) is 9.84 Å². The number of carbonyl (C=O) groups excluding carboxylic acids is 3. The topological polar surface area (TPSA) is 134 Å². The second-order valence-corrected chi connectivity index (χ2v) is 12.1. The quantitative estimate of drug-likeness (QED) is 0.157. The Morgan fingerprint density at radius 2 is 1.59 bits per heavy atom. The number of benzene rings is 3. The van der Waals surface area contributed by atoms with Crippen LogP contribution in [0.1, 0.15) is 53.0 Å². The second-order valence-electron chi connectivity index (χ2n) is 12.1. The molecule has 2 aliphatic carbocycles. The first-order valence-electron chi connectivity index (χ1n) is 15.2. The molecule has 2 saturated carbocycles. The van der Waals surface area contributed by atoms with E-state index in [0.717, 1.165) is 23.3 Å². The molecule has 0 spiro atoms. The number of hydrogen-bond acceptors (Lipinski definition) is 5. The number of carboxylic acid groups (broad SMARTS) is 1. The number of alkyl halides is 3. The van der Waals surface area contributed by atoms with Gasteiger partial charge in [-0.1, -0.05) is 17.2 Å². The molecule has 0 saturated heterocycles. The molecule has 3 aromatic carbocycles.